The normalized spacial score (nSPS) is 26.1. The van der Waals surface area contributed by atoms with E-state index in [1.807, 2.05) is 44.2 Å². The number of hydrogen-bond acceptors (Lipinski definition) is 13. The van der Waals surface area contributed by atoms with Crippen molar-refractivity contribution in [3.05, 3.63) is 60.2 Å². The number of carbonyl (C=O) groups excluding carboxylic acids is 6. The highest BCUT2D eigenvalue weighted by atomic mass is 16.8. The molecule has 2 aliphatic rings. The van der Waals surface area contributed by atoms with Crippen LogP contribution in [0, 0.1) is 17.8 Å². The maximum Gasteiger partial charge on any atom is 0.373 e. The van der Waals surface area contributed by atoms with Gasteiger partial charge >= 0.3 is 30.2 Å². The van der Waals surface area contributed by atoms with Crippen molar-refractivity contribution in [2.24, 2.45) is 17.8 Å². The molecule has 270 valence electrons. The van der Waals surface area contributed by atoms with Crippen LogP contribution in [0.25, 0.3) is 0 Å². The van der Waals surface area contributed by atoms with Crippen molar-refractivity contribution in [2.45, 2.75) is 109 Å². The minimum absolute atomic E-state index is 0.0916. The monoisotopic (exact) mass is 690 g/mol. The van der Waals surface area contributed by atoms with Gasteiger partial charge in [0, 0.05) is 25.3 Å². The van der Waals surface area contributed by atoms with Gasteiger partial charge in [-0.3, -0.25) is 4.79 Å². The van der Waals surface area contributed by atoms with Gasteiger partial charge in [0.2, 0.25) is 0 Å². The van der Waals surface area contributed by atoms with E-state index in [4.69, 9.17) is 38.1 Å². The summed E-state index contributed by atoms with van der Waals surface area (Å²) in [4.78, 5) is 69.2. The molecule has 14 nitrogen and oxygen atoms in total. The van der Waals surface area contributed by atoms with Gasteiger partial charge in [-0.1, -0.05) is 77.1 Å². The Kier molecular flexibility index (Phi) is 18.3. The summed E-state index contributed by atoms with van der Waals surface area (Å²) in [7, 11) is 0. The largest absolute Gasteiger partial charge is 0.479 e. The van der Waals surface area contributed by atoms with Crippen molar-refractivity contribution < 1.29 is 67.8 Å². The van der Waals surface area contributed by atoms with E-state index in [9.17, 15) is 29.7 Å². The average Bonchev–Trinajstić information content (AvgIpc) is 3.27. The number of carboxylic acid groups (broad SMARTS) is 1. The third kappa shape index (κ3) is 12.9. The molecule has 2 fully saturated rings. The first-order valence-electron chi connectivity index (χ1n) is 15.8. The molecule has 0 spiro atoms. The van der Waals surface area contributed by atoms with Crippen LogP contribution in [-0.4, -0.2) is 87.9 Å². The number of aliphatic hydroxyl groups is 2. The molecule has 0 aromatic heterocycles. The van der Waals surface area contributed by atoms with Gasteiger partial charge in [0.15, 0.2) is 18.0 Å². The predicted molar refractivity (Wildman–Crippen MR) is 168 cm³/mol. The van der Waals surface area contributed by atoms with Gasteiger partial charge in [0.1, 0.15) is 24.4 Å². The molecule has 3 rings (SSSR count). The minimum atomic E-state index is -1.90. The Hall–Kier alpha value is -4.29. The first-order valence-corrected chi connectivity index (χ1v) is 15.8. The smallest absolute Gasteiger partial charge is 0.373 e. The van der Waals surface area contributed by atoms with Crippen LogP contribution >= 0.6 is 0 Å². The first kappa shape index (κ1) is 42.7. The Bertz CT molecular complexity index is 1320. The van der Waals surface area contributed by atoms with Gasteiger partial charge in [-0.05, 0) is 42.2 Å². The number of hydrogen-bond donors (Lipinski definition) is 3. The highest BCUT2D eigenvalue weighted by molar-refractivity contribution is 5.82. The molecule has 2 aliphatic heterocycles. The van der Waals surface area contributed by atoms with Crippen molar-refractivity contribution >= 4 is 30.2 Å². The Labute approximate surface area is 285 Å². The van der Waals surface area contributed by atoms with Crippen LogP contribution in [0.15, 0.2) is 54.6 Å². The van der Waals surface area contributed by atoms with Crippen molar-refractivity contribution in [1.29, 1.82) is 0 Å². The zero-order chi connectivity index (χ0) is 37.3. The fraction of sp³-hybridized carbons (Fsp3) is 0.571. The summed E-state index contributed by atoms with van der Waals surface area (Å²) in [5.41, 5.74) is 1.57. The second-order valence-corrected chi connectivity index (χ2v) is 12.2. The summed E-state index contributed by atoms with van der Waals surface area (Å²) in [6.07, 6.45) is -2.39. The fourth-order valence-electron chi connectivity index (χ4n) is 5.86. The van der Waals surface area contributed by atoms with Gasteiger partial charge in [-0.2, -0.15) is 19.2 Å². The SMILES string of the molecule is C=C(CC[C@@]12O[C@@H]([C@@H](O)[C@H](C(=O)O)O1)[C@H](OC(=O)/C=C/[C@@H](C)C[C@@H](C)CC)[C@H]2O)[C@@H](OC(C)=O)[C@H](C)Cc1ccccc1.O=C=O.O=C=O. The molecular weight excluding hydrogens is 644 g/mol. The van der Waals surface area contributed by atoms with Crippen LogP contribution in [0.3, 0.4) is 0 Å². The minimum Gasteiger partial charge on any atom is -0.479 e. The lowest BCUT2D eigenvalue weighted by molar-refractivity contribution is -0.332. The van der Waals surface area contributed by atoms with E-state index in [1.54, 1.807) is 6.08 Å². The molecule has 10 atom stereocenters. The lowest BCUT2D eigenvalue weighted by Gasteiger charge is -2.40. The zero-order valence-corrected chi connectivity index (χ0v) is 28.3. The quantitative estimate of drug-likeness (QED) is 0.137. The van der Waals surface area contributed by atoms with Crippen molar-refractivity contribution in [3.8, 4) is 0 Å². The number of allylic oxidation sites excluding steroid dienone is 1. The summed E-state index contributed by atoms with van der Waals surface area (Å²) in [5.74, 6) is -4.14. The topological polar surface area (TPSA) is 217 Å². The summed E-state index contributed by atoms with van der Waals surface area (Å²) >= 11 is 0. The molecule has 14 heteroatoms. The number of ether oxygens (including phenoxy) is 4. The number of fused-ring (bicyclic) bond motifs is 2. The molecule has 0 radical (unpaired) electrons. The van der Waals surface area contributed by atoms with E-state index in [0.29, 0.717) is 17.9 Å². The van der Waals surface area contributed by atoms with E-state index in [1.165, 1.54) is 13.0 Å². The fourth-order valence-corrected chi connectivity index (χ4v) is 5.86. The summed E-state index contributed by atoms with van der Waals surface area (Å²) in [6, 6.07) is 9.71. The number of esters is 2. The maximum atomic E-state index is 12.7. The highest BCUT2D eigenvalue weighted by Gasteiger charge is 2.66. The Balaban J connectivity index is 0.00000186. The molecule has 0 amide bonds. The summed E-state index contributed by atoms with van der Waals surface area (Å²) in [6.45, 7) is 13.6. The van der Waals surface area contributed by atoms with E-state index < -0.39 is 60.3 Å². The van der Waals surface area contributed by atoms with Gasteiger partial charge in [-0.15, -0.1) is 0 Å². The van der Waals surface area contributed by atoms with Gasteiger partial charge in [0.25, 0.3) is 0 Å². The van der Waals surface area contributed by atoms with Gasteiger partial charge in [-0.25, -0.2) is 9.59 Å². The molecule has 0 unspecified atom stereocenters. The zero-order valence-electron chi connectivity index (χ0n) is 28.3. The van der Waals surface area contributed by atoms with Crippen LogP contribution in [0.4, 0.5) is 0 Å². The molecular formula is C35H46O14. The van der Waals surface area contributed by atoms with Crippen LogP contribution < -0.4 is 0 Å². The Morgan fingerprint density at radius 1 is 1.04 bits per heavy atom. The number of carbonyl (C=O) groups is 3. The molecule has 1 aromatic carbocycles. The third-order valence-electron chi connectivity index (χ3n) is 8.33. The van der Waals surface area contributed by atoms with E-state index in [0.717, 1.165) is 18.4 Å². The first-order chi connectivity index (χ1) is 23.1. The van der Waals surface area contributed by atoms with E-state index in [-0.39, 0.29) is 37.0 Å². The standard InChI is InChI=1S/C33H46O10.2CO2/c1-7-19(2)17-20(3)13-14-25(35)41-30-28-26(36)29(32(38)39)43-33(42-28,31(30)37)16-15-21(4)27(40-23(6)34)22(5)18-24-11-9-8-10-12-24;2*2-1-3/h8-14,19-20,22,26-31,36-37H,4,7,15-18H2,1-3,5-6H3,(H,38,39);;/b14-13+;;/t19-,20+,22+,26+,27+,28-,29+,30-,31+,33+;;/m0../s1. The summed E-state index contributed by atoms with van der Waals surface area (Å²) in [5, 5.41) is 31.8. The van der Waals surface area contributed by atoms with Crippen LogP contribution in [0.5, 0.6) is 0 Å². The predicted octanol–water partition coefficient (Wildman–Crippen LogP) is 2.81. The summed E-state index contributed by atoms with van der Waals surface area (Å²) < 4.78 is 22.8. The number of carboxylic acids is 1. The van der Waals surface area contributed by atoms with Crippen LogP contribution in [0.2, 0.25) is 0 Å². The van der Waals surface area contributed by atoms with Gasteiger partial charge < -0.3 is 34.3 Å². The van der Waals surface area contributed by atoms with Crippen LogP contribution in [0.1, 0.15) is 65.9 Å². The number of aliphatic hydroxyl groups excluding tert-OH is 2. The lowest BCUT2D eigenvalue weighted by atomic mass is 9.88. The van der Waals surface area contributed by atoms with Crippen molar-refractivity contribution in [2.75, 3.05) is 0 Å². The van der Waals surface area contributed by atoms with Crippen molar-refractivity contribution in [1.82, 2.24) is 0 Å². The Morgan fingerprint density at radius 2 is 1.63 bits per heavy atom. The van der Waals surface area contributed by atoms with Crippen molar-refractivity contribution in [3.63, 3.8) is 0 Å². The average molecular weight is 691 g/mol. The molecule has 0 aliphatic carbocycles. The molecule has 3 N–H and O–H groups in total. The Morgan fingerprint density at radius 3 is 2.16 bits per heavy atom. The van der Waals surface area contributed by atoms with Crippen LogP contribution in [-0.2, 0) is 58.9 Å². The molecule has 0 saturated carbocycles. The van der Waals surface area contributed by atoms with E-state index >= 15 is 0 Å². The number of aliphatic carboxylic acids is 1. The molecule has 49 heavy (non-hydrogen) atoms. The molecule has 1 aromatic rings. The van der Waals surface area contributed by atoms with Gasteiger partial charge in [0.05, 0.1) is 0 Å². The maximum absolute atomic E-state index is 12.7. The highest BCUT2D eigenvalue weighted by Crippen LogP contribution is 2.45. The third-order valence-corrected chi connectivity index (χ3v) is 8.33. The lowest BCUT2D eigenvalue weighted by Crippen LogP contribution is -2.56. The molecule has 2 heterocycles. The second-order valence-electron chi connectivity index (χ2n) is 12.2. The number of benzene rings is 1. The number of rotatable bonds is 15. The van der Waals surface area contributed by atoms with E-state index in [2.05, 4.69) is 20.4 Å². The molecule has 2 bridgehead atoms. The molecule has 2 saturated heterocycles. The second kappa shape index (κ2) is 20.9.